The largest absolute Gasteiger partial charge is 0.394 e. The fourth-order valence-electron chi connectivity index (χ4n) is 2.84. The molecule has 1 aliphatic heterocycles. The van der Waals surface area contributed by atoms with Gasteiger partial charge in [0.15, 0.2) is 0 Å². The van der Waals surface area contributed by atoms with Crippen LogP contribution in [0.25, 0.3) is 0 Å². The van der Waals surface area contributed by atoms with Gasteiger partial charge in [-0.1, -0.05) is 30.3 Å². The number of hydrogen-bond acceptors (Lipinski definition) is 4. The van der Waals surface area contributed by atoms with E-state index in [-0.39, 0.29) is 12.6 Å². The Kier molecular flexibility index (Phi) is 5.28. The monoisotopic (exact) mass is 326 g/mol. The Bertz CT molecular complexity index is 654. The van der Waals surface area contributed by atoms with Crippen molar-refractivity contribution in [1.29, 1.82) is 0 Å². The van der Waals surface area contributed by atoms with E-state index < -0.39 is 6.04 Å². The van der Waals surface area contributed by atoms with E-state index >= 15 is 0 Å². The Morgan fingerprint density at radius 1 is 1.17 bits per heavy atom. The molecule has 1 aromatic carbocycles. The molecule has 1 saturated heterocycles. The van der Waals surface area contributed by atoms with Gasteiger partial charge in [0.25, 0.3) is 0 Å². The van der Waals surface area contributed by atoms with E-state index in [1.807, 2.05) is 42.5 Å². The minimum atomic E-state index is -0.442. The van der Waals surface area contributed by atoms with Gasteiger partial charge in [-0.05, 0) is 30.5 Å². The maximum absolute atomic E-state index is 12.1. The number of carbonyl (C=O) groups is 1. The molecule has 1 aliphatic rings. The molecule has 0 unspecified atom stereocenters. The van der Waals surface area contributed by atoms with Crippen molar-refractivity contribution in [2.24, 2.45) is 0 Å². The predicted molar refractivity (Wildman–Crippen MR) is 94.1 cm³/mol. The third-order valence-corrected chi connectivity index (χ3v) is 4.13. The highest BCUT2D eigenvalue weighted by molar-refractivity contribution is 5.89. The second-order valence-electron chi connectivity index (χ2n) is 5.84. The molecule has 126 valence electrons. The zero-order valence-corrected chi connectivity index (χ0v) is 13.5. The van der Waals surface area contributed by atoms with Crippen LogP contribution in [0.3, 0.4) is 0 Å². The van der Waals surface area contributed by atoms with Gasteiger partial charge >= 0.3 is 6.03 Å². The number of nitrogens with one attached hydrogen (secondary N) is 2. The van der Waals surface area contributed by atoms with E-state index in [1.54, 1.807) is 6.20 Å². The molecule has 1 aromatic heterocycles. The van der Waals surface area contributed by atoms with Crippen LogP contribution >= 0.6 is 0 Å². The molecule has 3 N–H and O–H groups in total. The standard InChI is InChI=1S/C18H22N4O2/c23-13-16(14-6-2-1-3-7-14)21-18(24)20-15-8-9-17(19-12-15)22-10-4-5-11-22/h1-3,6-9,12,16,23H,4-5,10-11,13H2,(H2,20,21,24)/t16-/m1/s1. The number of nitrogens with zero attached hydrogens (tertiary/aromatic N) is 2. The molecular formula is C18H22N4O2. The highest BCUT2D eigenvalue weighted by Gasteiger charge is 2.15. The van der Waals surface area contributed by atoms with Crippen LogP contribution in [0.15, 0.2) is 48.7 Å². The molecule has 2 amide bonds. The van der Waals surface area contributed by atoms with Gasteiger partial charge in [0.1, 0.15) is 5.82 Å². The van der Waals surface area contributed by atoms with Crippen LogP contribution in [0.2, 0.25) is 0 Å². The number of aromatic nitrogens is 1. The van der Waals surface area contributed by atoms with E-state index in [4.69, 9.17) is 0 Å². The number of anilines is 2. The molecule has 6 nitrogen and oxygen atoms in total. The number of carbonyl (C=O) groups excluding carboxylic acids is 1. The number of pyridine rings is 1. The summed E-state index contributed by atoms with van der Waals surface area (Å²) in [5.41, 5.74) is 1.48. The molecule has 3 rings (SSSR count). The van der Waals surface area contributed by atoms with Gasteiger partial charge in [-0.15, -0.1) is 0 Å². The highest BCUT2D eigenvalue weighted by atomic mass is 16.3. The lowest BCUT2D eigenvalue weighted by Gasteiger charge is -2.18. The van der Waals surface area contributed by atoms with E-state index in [2.05, 4.69) is 20.5 Å². The van der Waals surface area contributed by atoms with Crippen molar-refractivity contribution in [2.45, 2.75) is 18.9 Å². The average molecular weight is 326 g/mol. The summed E-state index contributed by atoms with van der Waals surface area (Å²) in [4.78, 5) is 18.8. The summed E-state index contributed by atoms with van der Waals surface area (Å²) in [5, 5.41) is 15.0. The topological polar surface area (TPSA) is 77.5 Å². The first-order valence-electron chi connectivity index (χ1n) is 8.20. The summed E-state index contributed by atoms with van der Waals surface area (Å²) < 4.78 is 0. The second-order valence-corrected chi connectivity index (χ2v) is 5.84. The third kappa shape index (κ3) is 4.02. The highest BCUT2D eigenvalue weighted by Crippen LogP contribution is 2.19. The molecule has 0 spiro atoms. The molecule has 0 radical (unpaired) electrons. The Morgan fingerprint density at radius 3 is 2.54 bits per heavy atom. The van der Waals surface area contributed by atoms with E-state index in [1.165, 1.54) is 12.8 Å². The molecule has 2 heterocycles. The number of benzene rings is 1. The fourth-order valence-corrected chi connectivity index (χ4v) is 2.84. The van der Waals surface area contributed by atoms with Gasteiger partial charge in [-0.3, -0.25) is 0 Å². The van der Waals surface area contributed by atoms with E-state index in [9.17, 15) is 9.90 Å². The number of amides is 2. The van der Waals surface area contributed by atoms with Crippen LogP contribution in [0.4, 0.5) is 16.3 Å². The summed E-state index contributed by atoms with van der Waals surface area (Å²) in [5.74, 6) is 0.941. The minimum Gasteiger partial charge on any atom is -0.394 e. The smallest absolute Gasteiger partial charge is 0.319 e. The summed E-state index contributed by atoms with van der Waals surface area (Å²) >= 11 is 0. The van der Waals surface area contributed by atoms with Crippen LogP contribution < -0.4 is 15.5 Å². The Morgan fingerprint density at radius 2 is 1.92 bits per heavy atom. The lowest BCUT2D eigenvalue weighted by molar-refractivity contribution is 0.225. The lowest BCUT2D eigenvalue weighted by atomic mass is 10.1. The van der Waals surface area contributed by atoms with Crippen LogP contribution in [-0.2, 0) is 0 Å². The minimum absolute atomic E-state index is 0.163. The normalized spacial score (nSPS) is 15.1. The first-order valence-corrected chi connectivity index (χ1v) is 8.20. The van der Waals surface area contributed by atoms with Crippen molar-refractivity contribution in [3.63, 3.8) is 0 Å². The molecular weight excluding hydrogens is 304 g/mol. The van der Waals surface area contributed by atoms with Gasteiger partial charge in [0, 0.05) is 13.1 Å². The zero-order chi connectivity index (χ0) is 16.8. The maximum Gasteiger partial charge on any atom is 0.319 e. The molecule has 0 bridgehead atoms. The molecule has 2 aromatic rings. The summed E-state index contributed by atoms with van der Waals surface area (Å²) in [6.45, 7) is 1.91. The van der Waals surface area contributed by atoms with E-state index in [0.29, 0.717) is 5.69 Å². The summed E-state index contributed by atoms with van der Waals surface area (Å²) in [7, 11) is 0. The number of hydrogen-bond donors (Lipinski definition) is 3. The molecule has 1 atom stereocenters. The summed E-state index contributed by atoms with van der Waals surface area (Å²) in [6.07, 6.45) is 4.06. The Labute approximate surface area is 141 Å². The SMILES string of the molecule is O=C(Nc1ccc(N2CCCC2)nc1)N[C@H](CO)c1ccccc1. The quantitative estimate of drug-likeness (QED) is 0.789. The predicted octanol–water partition coefficient (Wildman–Crippen LogP) is 2.54. The first-order chi connectivity index (χ1) is 11.8. The number of urea groups is 1. The Hall–Kier alpha value is -2.60. The third-order valence-electron chi connectivity index (χ3n) is 4.13. The second kappa shape index (κ2) is 7.79. The molecule has 0 aliphatic carbocycles. The van der Waals surface area contributed by atoms with Crippen LogP contribution in [-0.4, -0.2) is 35.8 Å². The number of rotatable bonds is 5. The van der Waals surface area contributed by atoms with Crippen molar-refractivity contribution in [1.82, 2.24) is 10.3 Å². The maximum atomic E-state index is 12.1. The molecule has 6 heteroatoms. The van der Waals surface area contributed by atoms with Crippen molar-refractivity contribution in [2.75, 3.05) is 29.9 Å². The van der Waals surface area contributed by atoms with Crippen LogP contribution in [0, 0.1) is 0 Å². The Balaban J connectivity index is 1.58. The van der Waals surface area contributed by atoms with E-state index in [0.717, 1.165) is 24.5 Å². The zero-order valence-electron chi connectivity index (χ0n) is 13.5. The number of aliphatic hydroxyl groups excluding tert-OH is 1. The van der Waals surface area contributed by atoms with Gasteiger partial charge in [0.05, 0.1) is 24.5 Å². The molecule has 0 saturated carbocycles. The molecule has 1 fully saturated rings. The van der Waals surface area contributed by atoms with Crippen LogP contribution in [0.5, 0.6) is 0 Å². The number of aliphatic hydroxyl groups is 1. The van der Waals surface area contributed by atoms with Gasteiger partial charge in [-0.2, -0.15) is 0 Å². The lowest BCUT2D eigenvalue weighted by Crippen LogP contribution is -2.34. The first kappa shape index (κ1) is 16.3. The average Bonchev–Trinajstić information content (AvgIpc) is 3.16. The van der Waals surface area contributed by atoms with Gasteiger partial charge < -0.3 is 20.6 Å². The van der Waals surface area contributed by atoms with Gasteiger partial charge in [-0.25, -0.2) is 9.78 Å². The van der Waals surface area contributed by atoms with Crippen molar-refractivity contribution >= 4 is 17.5 Å². The fraction of sp³-hybridized carbons (Fsp3) is 0.333. The summed E-state index contributed by atoms with van der Waals surface area (Å²) in [6, 6.07) is 12.3. The van der Waals surface area contributed by atoms with Crippen molar-refractivity contribution < 1.29 is 9.90 Å². The van der Waals surface area contributed by atoms with Crippen LogP contribution in [0.1, 0.15) is 24.4 Å². The van der Waals surface area contributed by atoms with Crippen molar-refractivity contribution in [3.8, 4) is 0 Å². The molecule has 24 heavy (non-hydrogen) atoms. The van der Waals surface area contributed by atoms with Gasteiger partial charge in [0.2, 0.25) is 0 Å². The van der Waals surface area contributed by atoms with Crippen molar-refractivity contribution in [3.05, 3.63) is 54.2 Å².